The van der Waals surface area contributed by atoms with E-state index in [2.05, 4.69) is 20.6 Å². The van der Waals surface area contributed by atoms with Gasteiger partial charge < -0.3 is 15.5 Å². The zero-order valence-electron chi connectivity index (χ0n) is 18.7. The van der Waals surface area contributed by atoms with Crippen LogP contribution >= 0.6 is 22.9 Å². The first-order valence-electron chi connectivity index (χ1n) is 10.8. The van der Waals surface area contributed by atoms with Gasteiger partial charge in [0.25, 0.3) is 5.91 Å². The average Bonchev–Trinajstić information content (AvgIpc) is 3.25. The van der Waals surface area contributed by atoms with Gasteiger partial charge >= 0.3 is 6.18 Å². The topological polar surface area (TPSA) is 104 Å². The molecule has 0 atom stereocenters. The number of aromatic nitrogens is 2. The van der Waals surface area contributed by atoms with Gasteiger partial charge in [-0.3, -0.25) is 4.79 Å². The lowest BCUT2D eigenvalue weighted by Crippen LogP contribution is -2.27. The number of sulfone groups is 1. The van der Waals surface area contributed by atoms with Crippen molar-refractivity contribution in [2.24, 2.45) is 0 Å². The van der Waals surface area contributed by atoms with Crippen LogP contribution in [0.1, 0.15) is 26.4 Å². The summed E-state index contributed by atoms with van der Waals surface area (Å²) < 4.78 is 67.0. The Morgan fingerprint density at radius 3 is 2.75 bits per heavy atom. The molecule has 1 aromatic carbocycles. The van der Waals surface area contributed by atoms with Crippen LogP contribution in [-0.4, -0.2) is 55.1 Å². The van der Waals surface area contributed by atoms with Gasteiger partial charge in [-0.05, 0) is 42.3 Å². The second-order valence-corrected chi connectivity index (χ2v) is 12.0. The standard InChI is InChI=1S/C22H19ClF3N5O3S2/c1-31-4-5-36(33,34)17-8-16(35-19(17)20(31)32)18-13(22(24,25)26)10-28-21(30-18)29-15-7-12-9-27-3-2-11(12)6-14(15)23/h6-8,10,27H,2-5,9H2,1H3,(H,28,29,30). The van der Waals surface area contributed by atoms with Crippen molar-refractivity contribution < 1.29 is 26.4 Å². The number of thiophene rings is 1. The van der Waals surface area contributed by atoms with Crippen molar-refractivity contribution in [2.75, 3.05) is 31.2 Å². The number of halogens is 4. The number of rotatable bonds is 3. The van der Waals surface area contributed by atoms with Gasteiger partial charge in [-0.15, -0.1) is 11.3 Å². The Morgan fingerprint density at radius 1 is 1.22 bits per heavy atom. The van der Waals surface area contributed by atoms with E-state index in [4.69, 9.17) is 11.6 Å². The van der Waals surface area contributed by atoms with Gasteiger partial charge in [0.15, 0.2) is 9.84 Å². The summed E-state index contributed by atoms with van der Waals surface area (Å²) >= 11 is 7.05. The molecular weight excluding hydrogens is 539 g/mol. The highest BCUT2D eigenvalue weighted by Crippen LogP contribution is 2.42. The summed E-state index contributed by atoms with van der Waals surface area (Å²) in [7, 11) is -2.43. The Balaban J connectivity index is 1.60. The largest absolute Gasteiger partial charge is 0.420 e. The summed E-state index contributed by atoms with van der Waals surface area (Å²) in [5.74, 6) is -1.05. The van der Waals surface area contributed by atoms with Gasteiger partial charge in [-0.1, -0.05) is 11.6 Å². The summed E-state index contributed by atoms with van der Waals surface area (Å²) in [6.07, 6.45) is -3.38. The van der Waals surface area contributed by atoms with Gasteiger partial charge in [0, 0.05) is 26.3 Å². The van der Waals surface area contributed by atoms with Gasteiger partial charge in [-0.2, -0.15) is 13.2 Å². The zero-order valence-corrected chi connectivity index (χ0v) is 21.1. The number of hydrogen-bond acceptors (Lipinski definition) is 8. The number of carbonyl (C=O) groups is 1. The lowest BCUT2D eigenvalue weighted by molar-refractivity contribution is -0.137. The summed E-state index contributed by atoms with van der Waals surface area (Å²) in [5, 5.41) is 6.48. The molecule has 4 heterocycles. The number of amides is 1. The zero-order chi connectivity index (χ0) is 25.8. The Hall–Kier alpha value is -2.74. The summed E-state index contributed by atoms with van der Waals surface area (Å²) in [4.78, 5) is 21.3. The van der Waals surface area contributed by atoms with E-state index in [9.17, 15) is 26.4 Å². The lowest BCUT2D eigenvalue weighted by atomic mass is 10.0. The van der Waals surface area contributed by atoms with E-state index in [0.29, 0.717) is 34.8 Å². The predicted molar refractivity (Wildman–Crippen MR) is 130 cm³/mol. The number of alkyl halides is 3. The molecular formula is C22H19ClF3N5O3S2. The van der Waals surface area contributed by atoms with Gasteiger partial charge in [0.2, 0.25) is 5.95 Å². The molecule has 0 saturated carbocycles. The fourth-order valence-electron chi connectivity index (χ4n) is 4.07. The van der Waals surface area contributed by atoms with Crippen molar-refractivity contribution in [3.8, 4) is 10.6 Å². The van der Waals surface area contributed by atoms with E-state index in [0.717, 1.165) is 30.2 Å². The molecule has 5 rings (SSSR count). The normalized spacial score (nSPS) is 17.4. The van der Waals surface area contributed by atoms with E-state index in [-0.39, 0.29) is 32.9 Å². The van der Waals surface area contributed by atoms with Crippen molar-refractivity contribution in [1.29, 1.82) is 0 Å². The molecule has 1 amide bonds. The van der Waals surface area contributed by atoms with Crippen LogP contribution in [0.15, 0.2) is 29.3 Å². The van der Waals surface area contributed by atoms with Crippen molar-refractivity contribution in [3.05, 3.63) is 51.0 Å². The molecule has 2 N–H and O–H groups in total. The molecule has 14 heteroatoms. The molecule has 0 radical (unpaired) electrons. The van der Waals surface area contributed by atoms with Crippen LogP contribution in [0.5, 0.6) is 0 Å². The van der Waals surface area contributed by atoms with Crippen molar-refractivity contribution in [2.45, 2.75) is 24.0 Å². The quantitative estimate of drug-likeness (QED) is 0.499. The highest BCUT2D eigenvalue weighted by Gasteiger charge is 2.38. The highest BCUT2D eigenvalue weighted by atomic mass is 35.5. The third kappa shape index (κ3) is 4.56. The molecule has 0 unspecified atom stereocenters. The number of nitrogens with one attached hydrogen (secondary N) is 2. The van der Waals surface area contributed by atoms with Crippen LogP contribution in [0.2, 0.25) is 5.02 Å². The lowest BCUT2D eigenvalue weighted by Gasteiger charge is -2.19. The van der Waals surface area contributed by atoms with Gasteiger partial charge in [0.05, 0.1) is 31.9 Å². The van der Waals surface area contributed by atoms with Crippen molar-refractivity contribution in [3.63, 3.8) is 0 Å². The van der Waals surface area contributed by atoms with Gasteiger partial charge in [0.1, 0.15) is 10.4 Å². The van der Waals surface area contributed by atoms with Crippen LogP contribution < -0.4 is 10.6 Å². The van der Waals surface area contributed by atoms with Crippen LogP contribution in [0.4, 0.5) is 24.8 Å². The fourth-order valence-corrected chi connectivity index (χ4v) is 7.34. The number of nitrogens with zero attached hydrogens (tertiary/aromatic N) is 3. The summed E-state index contributed by atoms with van der Waals surface area (Å²) in [6, 6.07) is 4.68. The highest BCUT2D eigenvalue weighted by molar-refractivity contribution is 7.91. The number of fused-ring (bicyclic) bond motifs is 2. The molecule has 190 valence electrons. The Bertz CT molecular complexity index is 1490. The number of anilines is 2. The maximum absolute atomic E-state index is 13.9. The molecule has 2 aromatic heterocycles. The molecule has 0 fully saturated rings. The van der Waals surface area contributed by atoms with Crippen LogP contribution in [-0.2, 0) is 29.0 Å². The third-order valence-electron chi connectivity index (χ3n) is 6.02. The monoisotopic (exact) mass is 557 g/mol. The SMILES string of the molecule is CN1CCS(=O)(=O)c2cc(-c3nc(Nc4cc5c(cc4Cl)CCNC5)ncc3C(F)(F)F)sc2C1=O. The number of benzene rings is 1. The molecule has 0 spiro atoms. The molecule has 0 bridgehead atoms. The van der Waals surface area contributed by atoms with Gasteiger partial charge in [-0.25, -0.2) is 18.4 Å². The van der Waals surface area contributed by atoms with Crippen molar-refractivity contribution >= 4 is 50.3 Å². The maximum atomic E-state index is 13.9. The summed E-state index contributed by atoms with van der Waals surface area (Å²) in [6.45, 7) is 1.43. The van der Waals surface area contributed by atoms with Crippen molar-refractivity contribution in [1.82, 2.24) is 20.2 Å². The molecule has 2 aliphatic rings. The molecule has 0 saturated heterocycles. The number of carbonyl (C=O) groups excluding carboxylic acids is 1. The molecule has 3 aromatic rings. The van der Waals surface area contributed by atoms with E-state index < -0.39 is 33.2 Å². The smallest absolute Gasteiger partial charge is 0.340 e. The first-order valence-corrected chi connectivity index (χ1v) is 13.6. The Labute approximate surface area is 213 Å². The Kier molecular flexibility index (Phi) is 6.22. The van der Waals surface area contributed by atoms with E-state index in [1.807, 2.05) is 0 Å². The third-order valence-corrected chi connectivity index (χ3v) is 9.30. The minimum Gasteiger partial charge on any atom is -0.340 e. The minimum absolute atomic E-state index is 0.00959. The molecule has 0 aliphatic carbocycles. The average molecular weight is 558 g/mol. The maximum Gasteiger partial charge on any atom is 0.420 e. The Morgan fingerprint density at radius 2 is 2.00 bits per heavy atom. The summed E-state index contributed by atoms with van der Waals surface area (Å²) in [5.41, 5.74) is 0.818. The predicted octanol–water partition coefficient (Wildman–Crippen LogP) is 4.13. The van der Waals surface area contributed by atoms with Crippen LogP contribution in [0.3, 0.4) is 0 Å². The molecule has 36 heavy (non-hydrogen) atoms. The van der Waals surface area contributed by atoms with Crippen LogP contribution in [0, 0.1) is 0 Å². The van der Waals surface area contributed by atoms with E-state index >= 15 is 0 Å². The minimum atomic E-state index is -4.82. The fraction of sp³-hybridized carbons (Fsp3) is 0.318. The first-order chi connectivity index (χ1) is 16.9. The molecule has 8 nitrogen and oxygen atoms in total. The van der Waals surface area contributed by atoms with E-state index in [1.165, 1.54) is 11.9 Å². The molecule has 2 aliphatic heterocycles. The van der Waals surface area contributed by atoms with E-state index in [1.54, 1.807) is 12.1 Å². The first kappa shape index (κ1) is 24.9. The van der Waals surface area contributed by atoms with Crippen LogP contribution in [0.25, 0.3) is 10.6 Å². The number of hydrogen-bond donors (Lipinski definition) is 2. The second-order valence-electron chi connectivity index (χ2n) is 8.46. The second kappa shape index (κ2) is 8.98.